The average molecular weight is 331 g/mol. The number of rotatable bonds is 3. The van der Waals surface area contributed by atoms with E-state index in [1.54, 1.807) is 36.4 Å². The van der Waals surface area contributed by atoms with Crippen molar-refractivity contribution in [3.8, 4) is 5.75 Å². The van der Waals surface area contributed by atoms with Gasteiger partial charge < -0.3 is 15.4 Å². The van der Waals surface area contributed by atoms with Crippen molar-refractivity contribution >= 4 is 34.8 Å². The maximum Gasteiger partial charge on any atom is 0.228 e. The van der Waals surface area contributed by atoms with Gasteiger partial charge in [0.25, 0.3) is 0 Å². The normalized spacial score (nSPS) is 13.3. The van der Waals surface area contributed by atoms with Crippen LogP contribution < -0.4 is 15.4 Å². The van der Waals surface area contributed by atoms with E-state index in [0.29, 0.717) is 35.2 Å². The smallest absolute Gasteiger partial charge is 0.228 e. The molecule has 1 heterocycles. The van der Waals surface area contributed by atoms with Gasteiger partial charge in [0.15, 0.2) is 0 Å². The second kappa shape index (κ2) is 6.71. The molecule has 0 aliphatic carbocycles. The van der Waals surface area contributed by atoms with Gasteiger partial charge in [-0.05, 0) is 29.8 Å². The lowest BCUT2D eigenvalue weighted by molar-refractivity contribution is -0.116. The summed E-state index contributed by atoms with van der Waals surface area (Å²) in [6.07, 6.45) is 0.491. The van der Waals surface area contributed by atoms with Gasteiger partial charge in [-0.3, -0.25) is 9.59 Å². The monoisotopic (exact) mass is 330 g/mol. The van der Waals surface area contributed by atoms with Crippen LogP contribution in [0.4, 0.5) is 11.4 Å². The van der Waals surface area contributed by atoms with Gasteiger partial charge >= 0.3 is 0 Å². The summed E-state index contributed by atoms with van der Waals surface area (Å²) in [5, 5.41) is 6.04. The van der Waals surface area contributed by atoms with Crippen LogP contribution in [0.5, 0.6) is 5.75 Å². The maximum absolute atomic E-state index is 12.1. The number of anilines is 2. The molecule has 23 heavy (non-hydrogen) atoms. The summed E-state index contributed by atoms with van der Waals surface area (Å²) in [4.78, 5) is 23.7. The SMILES string of the molecule is O=C(Cc1ccc2c(c1)NC(=O)CCO2)Nc1ccccc1Cl. The van der Waals surface area contributed by atoms with E-state index in [4.69, 9.17) is 16.3 Å². The van der Waals surface area contributed by atoms with Crippen LogP contribution >= 0.6 is 11.6 Å². The summed E-state index contributed by atoms with van der Waals surface area (Å²) in [6.45, 7) is 0.352. The predicted molar refractivity (Wildman–Crippen MR) is 89.0 cm³/mol. The Kier molecular flexibility index (Phi) is 4.48. The van der Waals surface area contributed by atoms with Gasteiger partial charge in [0.05, 0.1) is 35.8 Å². The molecule has 2 N–H and O–H groups in total. The van der Waals surface area contributed by atoms with Crippen molar-refractivity contribution in [3.63, 3.8) is 0 Å². The third-order valence-corrected chi connectivity index (χ3v) is 3.75. The Morgan fingerprint density at radius 1 is 1.26 bits per heavy atom. The standard InChI is InChI=1S/C17H15ClN2O3/c18-12-3-1-2-4-13(12)19-17(22)10-11-5-6-15-14(9-11)20-16(21)7-8-23-15/h1-6,9H,7-8,10H2,(H,19,22)(H,20,21). The van der Waals surface area contributed by atoms with Crippen LogP contribution in [-0.2, 0) is 16.0 Å². The number of benzene rings is 2. The third kappa shape index (κ3) is 3.81. The summed E-state index contributed by atoms with van der Waals surface area (Å²) < 4.78 is 5.49. The molecule has 0 saturated carbocycles. The van der Waals surface area contributed by atoms with E-state index >= 15 is 0 Å². The van der Waals surface area contributed by atoms with E-state index < -0.39 is 0 Å². The quantitative estimate of drug-likeness (QED) is 0.907. The number of fused-ring (bicyclic) bond motifs is 1. The van der Waals surface area contributed by atoms with Crippen LogP contribution in [0.25, 0.3) is 0 Å². The van der Waals surface area contributed by atoms with E-state index in [-0.39, 0.29) is 18.2 Å². The molecule has 1 aliphatic rings. The number of para-hydroxylation sites is 1. The molecule has 0 bridgehead atoms. The van der Waals surface area contributed by atoms with Crippen LogP contribution in [0.15, 0.2) is 42.5 Å². The van der Waals surface area contributed by atoms with Crippen molar-refractivity contribution in [3.05, 3.63) is 53.1 Å². The Hall–Kier alpha value is -2.53. The lowest BCUT2D eigenvalue weighted by Gasteiger charge is -2.10. The lowest BCUT2D eigenvalue weighted by atomic mass is 10.1. The van der Waals surface area contributed by atoms with E-state index in [2.05, 4.69) is 10.6 Å². The second-order valence-corrected chi connectivity index (χ2v) is 5.59. The van der Waals surface area contributed by atoms with Crippen LogP contribution in [0.1, 0.15) is 12.0 Å². The number of carbonyl (C=O) groups is 2. The molecule has 2 aromatic rings. The largest absolute Gasteiger partial charge is 0.491 e. The maximum atomic E-state index is 12.1. The highest BCUT2D eigenvalue weighted by Crippen LogP contribution is 2.28. The number of halogens is 1. The number of carbonyl (C=O) groups excluding carboxylic acids is 2. The molecule has 6 heteroatoms. The topological polar surface area (TPSA) is 67.4 Å². The van der Waals surface area contributed by atoms with E-state index in [1.807, 2.05) is 6.07 Å². The van der Waals surface area contributed by atoms with Crippen molar-refractivity contribution in [1.82, 2.24) is 0 Å². The van der Waals surface area contributed by atoms with E-state index in [9.17, 15) is 9.59 Å². The zero-order valence-electron chi connectivity index (χ0n) is 12.3. The predicted octanol–water partition coefficient (Wildman–Crippen LogP) is 3.24. The Morgan fingerprint density at radius 3 is 2.91 bits per heavy atom. The van der Waals surface area contributed by atoms with Gasteiger partial charge in [-0.1, -0.05) is 29.8 Å². The van der Waals surface area contributed by atoms with Gasteiger partial charge in [-0.15, -0.1) is 0 Å². The van der Waals surface area contributed by atoms with Gasteiger partial charge in [-0.25, -0.2) is 0 Å². The minimum absolute atomic E-state index is 0.0959. The molecule has 2 amide bonds. The third-order valence-electron chi connectivity index (χ3n) is 3.42. The first-order chi connectivity index (χ1) is 11.1. The summed E-state index contributed by atoms with van der Waals surface area (Å²) in [6, 6.07) is 12.4. The molecule has 2 aromatic carbocycles. The minimum atomic E-state index is -0.182. The van der Waals surface area contributed by atoms with Crippen molar-refractivity contribution in [1.29, 1.82) is 0 Å². The number of hydrogen-bond donors (Lipinski definition) is 2. The molecule has 3 rings (SSSR count). The first-order valence-corrected chi connectivity index (χ1v) is 7.59. The van der Waals surface area contributed by atoms with Crippen LogP contribution in [0, 0.1) is 0 Å². The van der Waals surface area contributed by atoms with Crippen LogP contribution in [0.2, 0.25) is 5.02 Å². The number of hydrogen-bond acceptors (Lipinski definition) is 3. The van der Waals surface area contributed by atoms with Crippen LogP contribution in [0.3, 0.4) is 0 Å². The van der Waals surface area contributed by atoms with E-state index in [0.717, 1.165) is 5.56 Å². The fourth-order valence-electron chi connectivity index (χ4n) is 2.32. The Balaban J connectivity index is 1.72. The van der Waals surface area contributed by atoms with Gasteiger partial charge in [0.1, 0.15) is 5.75 Å². The Labute approximate surface area is 138 Å². The number of ether oxygens (including phenoxy) is 1. The summed E-state index contributed by atoms with van der Waals surface area (Å²) >= 11 is 6.02. The number of nitrogens with one attached hydrogen (secondary N) is 2. The van der Waals surface area contributed by atoms with E-state index in [1.165, 1.54) is 0 Å². The van der Waals surface area contributed by atoms with Crippen molar-refractivity contribution in [2.24, 2.45) is 0 Å². The van der Waals surface area contributed by atoms with Gasteiger partial charge in [0.2, 0.25) is 11.8 Å². The molecular formula is C17H15ClN2O3. The molecule has 0 spiro atoms. The molecule has 0 unspecified atom stereocenters. The fraction of sp³-hybridized carbons (Fsp3) is 0.176. The molecular weight excluding hydrogens is 316 g/mol. The summed E-state index contributed by atoms with van der Waals surface area (Å²) in [5.41, 5.74) is 1.94. The van der Waals surface area contributed by atoms with Crippen molar-refractivity contribution in [2.45, 2.75) is 12.8 Å². The van der Waals surface area contributed by atoms with Crippen molar-refractivity contribution < 1.29 is 14.3 Å². The Morgan fingerprint density at radius 2 is 2.09 bits per heavy atom. The van der Waals surface area contributed by atoms with Crippen molar-refractivity contribution in [2.75, 3.05) is 17.2 Å². The molecule has 1 aliphatic heterocycles. The molecule has 0 fully saturated rings. The van der Waals surface area contributed by atoms with Gasteiger partial charge in [-0.2, -0.15) is 0 Å². The lowest BCUT2D eigenvalue weighted by Crippen LogP contribution is -2.15. The first kappa shape index (κ1) is 15.4. The fourth-order valence-corrected chi connectivity index (χ4v) is 2.50. The van der Waals surface area contributed by atoms with Gasteiger partial charge in [0, 0.05) is 0 Å². The highest BCUT2D eigenvalue weighted by Gasteiger charge is 2.15. The summed E-state index contributed by atoms with van der Waals surface area (Å²) in [7, 11) is 0. The molecule has 5 nitrogen and oxygen atoms in total. The first-order valence-electron chi connectivity index (χ1n) is 7.22. The average Bonchev–Trinajstić information content (AvgIpc) is 2.69. The molecule has 118 valence electrons. The second-order valence-electron chi connectivity index (χ2n) is 5.18. The Bertz CT molecular complexity index is 761. The molecule has 0 aromatic heterocycles. The zero-order chi connectivity index (χ0) is 16.2. The molecule has 0 radical (unpaired) electrons. The highest BCUT2D eigenvalue weighted by atomic mass is 35.5. The minimum Gasteiger partial charge on any atom is -0.491 e. The summed E-state index contributed by atoms with van der Waals surface area (Å²) in [5.74, 6) is 0.339. The molecule has 0 saturated heterocycles. The number of amides is 2. The highest BCUT2D eigenvalue weighted by molar-refractivity contribution is 6.33. The molecule has 0 atom stereocenters. The zero-order valence-corrected chi connectivity index (χ0v) is 13.0. The van der Waals surface area contributed by atoms with Crippen LogP contribution in [-0.4, -0.2) is 18.4 Å².